The molecule has 0 aromatic carbocycles. The number of amides is 1. The molecule has 2 rings (SSSR count). The van der Waals surface area contributed by atoms with Crippen LogP contribution in [0.25, 0.3) is 0 Å². The van der Waals surface area contributed by atoms with Crippen LogP contribution in [0.5, 0.6) is 0 Å². The number of aliphatic imine (C=N–C) groups is 1. The van der Waals surface area contributed by atoms with Gasteiger partial charge in [-0.15, -0.1) is 0 Å². The number of rotatable bonds is 7. The molecule has 1 aromatic heterocycles. The summed E-state index contributed by atoms with van der Waals surface area (Å²) in [7, 11) is 0. The number of carbonyl (C=O) groups excluding carboxylic acids is 1. The Hall–Kier alpha value is -2.11. The van der Waals surface area contributed by atoms with Crippen molar-refractivity contribution in [1.29, 1.82) is 0 Å². The Morgan fingerprint density at radius 1 is 1.17 bits per heavy atom. The molecule has 3 N–H and O–H groups in total. The van der Waals surface area contributed by atoms with Gasteiger partial charge in [-0.1, -0.05) is 25.3 Å². The Balaban J connectivity index is 1.69. The molecule has 132 valence electrons. The first kappa shape index (κ1) is 18.2. The standard InChI is InChI=1S/C18H29N5O/c1-2-19-18(23-14-16-10-6-7-11-20-16)22-13-12-21-17(24)15-8-4-3-5-9-15/h6-7,10-11,15H,2-5,8-9,12-14H2,1H3,(H,21,24)(H2,19,22,23). The molecule has 1 aliphatic carbocycles. The van der Waals surface area contributed by atoms with E-state index in [-0.39, 0.29) is 11.8 Å². The SMILES string of the molecule is CCNC(=NCc1ccccn1)NCCNC(=O)C1CCCCC1. The van der Waals surface area contributed by atoms with E-state index in [1.165, 1.54) is 19.3 Å². The summed E-state index contributed by atoms with van der Waals surface area (Å²) in [6.45, 7) is 4.63. The van der Waals surface area contributed by atoms with Crippen molar-refractivity contribution >= 4 is 11.9 Å². The number of carbonyl (C=O) groups is 1. The maximum Gasteiger partial charge on any atom is 0.223 e. The van der Waals surface area contributed by atoms with Gasteiger partial charge in [0.25, 0.3) is 0 Å². The zero-order chi connectivity index (χ0) is 17.0. The van der Waals surface area contributed by atoms with Gasteiger partial charge in [0.05, 0.1) is 12.2 Å². The summed E-state index contributed by atoms with van der Waals surface area (Å²) in [6, 6.07) is 5.81. The van der Waals surface area contributed by atoms with Crippen molar-refractivity contribution in [2.45, 2.75) is 45.6 Å². The van der Waals surface area contributed by atoms with Crippen molar-refractivity contribution < 1.29 is 4.79 Å². The maximum atomic E-state index is 12.1. The average Bonchev–Trinajstić information content (AvgIpc) is 2.64. The Labute approximate surface area is 144 Å². The van der Waals surface area contributed by atoms with E-state index in [0.717, 1.165) is 31.0 Å². The average molecular weight is 331 g/mol. The van der Waals surface area contributed by atoms with Crippen LogP contribution in [-0.4, -0.2) is 36.5 Å². The summed E-state index contributed by atoms with van der Waals surface area (Å²) in [5.74, 6) is 1.16. The second kappa shape index (κ2) is 10.6. The van der Waals surface area contributed by atoms with Gasteiger partial charge in [-0.3, -0.25) is 9.78 Å². The molecule has 0 bridgehead atoms. The highest BCUT2D eigenvalue weighted by atomic mass is 16.1. The quantitative estimate of drug-likeness (QED) is 0.405. The van der Waals surface area contributed by atoms with E-state index in [9.17, 15) is 4.79 Å². The van der Waals surface area contributed by atoms with Gasteiger partial charge < -0.3 is 16.0 Å². The van der Waals surface area contributed by atoms with E-state index in [2.05, 4.69) is 25.9 Å². The zero-order valence-corrected chi connectivity index (χ0v) is 14.6. The van der Waals surface area contributed by atoms with Gasteiger partial charge in [-0.25, -0.2) is 4.99 Å². The zero-order valence-electron chi connectivity index (χ0n) is 14.6. The van der Waals surface area contributed by atoms with Gasteiger partial charge in [0, 0.05) is 31.7 Å². The number of hydrogen-bond acceptors (Lipinski definition) is 3. The fraction of sp³-hybridized carbons (Fsp3) is 0.611. The van der Waals surface area contributed by atoms with Crippen LogP contribution in [0.3, 0.4) is 0 Å². The summed E-state index contributed by atoms with van der Waals surface area (Å²) in [5, 5.41) is 9.48. The van der Waals surface area contributed by atoms with Crippen molar-refractivity contribution in [2.24, 2.45) is 10.9 Å². The van der Waals surface area contributed by atoms with Crippen LogP contribution in [0.4, 0.5) is 0 Å². The van der Waals surface area contributed by atoms with Gasteiger partial charge in [-0.05, 0) is 31.9 Å². The first-order chi connectivity index (χ1) is 11.8. The number of nitrogens with one attached hydrogen (secondary N) is 3. The lowest BCUT2D eigenvalue weighted by atomic mass is 9.89. The van der Waals surface area contributed by atoms with Gasteiger partial charge >= 0.3 is 0 Å². The highest BCUT2D eigenvalue weighted by Gasteiger charge is 2.20. The summed E-state index contributed by atoms with van der Waals surface area (Å²) < 4.78 is 0. The molecule has 0 atom stereocenters. The number of guanidine groups is 1. The van der Waals surface area contributed by atoms with Crippen LogP contribution in [-0.2, 0) is 11.3 Å². The van der Waals surface area contributed by atoms with Gasteiger partial charge in [0.1, 0.15) is 0 Å². The predicted molar refractivity (Wildman–Crippen MR) is 96.6 cm³/mol. The summed E-state index contributed by atoms with van der Waals surface area (Å²) in [5.41, 5.74) is 0.931. The summed E-state index contributed by atoms with van der Waals surface area (Å²) >= 11 is 0. The molecule has 1 aliphatic rings. The highest BCUT2D eigenvalue weighted by Crippen LogP contribution is 2.23. The first-order valence-corrected chi connectivity index (χ1v) is 8.99. The van der Waals surface area contributed by atoms with Crippen molar-refractivity contribution in [1.82, 2.24) is 20.9 Å². The third kappa shape index (κ3) is 6.56. The van der Waals surface area contributed by atoms with E-state index in [4.69, 9.17) is 0 Å². The fourth-order valence-electron chi connectivity index (χ4n) is 2.87. The molecule has 24 heavy (non-hydrogen) atoms. The van der Waals surface area contributed by atoms with Gasteiger partial charge in [0.15, 0.2) is 5.96 Å². The Morgan fingerprint density at radius 3 is 2.67 bits per heavy atom. The summed E-state index contributed by atoms with van der Waals surface area (Å²) in [6.07, 6.45) is 7.47. The lowest BCUT2D eigenvalue weighted by Crippen LogP contribution is -2.42. The Kier molecular flexibility index (Phi) is 8.07. The molecule has 0 saturated heterocycles. The largest absolute Gasteiger partial charge is 0.357 e. The molecule has 0 unspecified atom stereocenters. The van der Waals surface area contributed by atoms with Crippen molar-refractivity contribution in [3.8, 4) is 0 Å². The van der Waals surface area contributed by atoms with Crippen LogP contribution in [0, 0.1) is 5.92 Å². The molecule has 0 radical (unpaired) electrons. The van der Waals surface area contributed by atoms with E-state index >= 15 is 0 Å². The molecular weight excluding hydrogens is 302 g/mol. The molecule has 1 aromatic rings. The number of pyridine rings is 1. The second-order valence-corrected chi connectivity index (χ2v) is 6.07. The highest BCUT2D eigenvalue weighted by molar-refractivity contribution is 5.80. The molecule has 1 heterocycles. The molecular formula is C18H29N5O. The van der Waals surface area contributed by atoms with E-state index in [1.54, 1.807) is 6.20 Å². The molecule has 1 fully saturated rings. The Bertz CT molecular complexity index is 511. The molecule has 1 amide bonds. The van der Waals surface area contributed by atoms with E-state index in [0.29, 0.717) is 19.6 Å². The normalized spacial score (nSPS) is 15.8. The minimum atomic E-state index is 0.201. The van der Waals surface area contributed by atoms with Gasteiger partial charge in [-0.2, -0.15) is 0 Å². The summed E-state index contributed by atoms with van der Waals surface area (Å²) in [4.78, 5) is 20.9. The lowest BCUT2D eigenvalue weighted by molar-refractivity contribution is -0.125. The van der Waals surface area contributed by atoms with Crippen LogP contribution in [0.1, 0.15) is 44.7 Å². The topological polar surface area (TPSA) is 78.4 Å². The lowest BCUT2D eigenvalue weighted by Gasteiger charge is -2.21. The monoisotopic (exact) mass is 331 g/mol. The maximum absolute atomic E-state index is 12.1. The molecule has 6 heteroatoms. The van der Waals surface area contributed by atoms with E-state index in [1.807, 2.05) is 25.1 Å². The molecule has 0 spiro atoms. The molecule has 0 aliphatic heterocycles. The first-order valence-electron chi connectivity index (χ1n) is 8.99. The molecule has 6 nitrogen and oxygen atoms in total. The molecule has 1 saturated carbocycles. The van der Waals surface area contributed by atoms with Crippen molar-refractivity contribution in [2.75, 3.05) is 19.6 Å². The Morgan fingerprint density at radius 2 is 1.96 bits per heavy atom. The van der Waals surface area contributed by atoms with Crippen LogP contribution >= 0.6 is 0 Å². The smallest absolute Gasteiger partial charge is 0.223 e. The van der Waals surface area contributed by atoms with Crippen LogP contribution in [0.2, 0.25) is 0 Å². The number of aromatic nitrogens is 1. The predicted octanol–water partition coefficient (Wildman–Crippen LogP) is 1.83. The number of hydrogen-bond donors (Lipinski definition) is 3. The number of nitrogens with zero attached hydrogens (tertiary/aromatic N) is 2. The van der Waals surface area contributed by atoms with Crippen molar-refractivity contribution in [3.63, 3.8) is 0 Å². The van der Waals surface area contributed by atoms with Gasteiger partial charge in [0.2, 0.25) is 5.91 Å². The fourth-order valence-corrected chi connectivity index (χ4v) is 2.87. The van der Waals surface area contributed by atoms with E-state index < -0.39 is 0 Å². The minimum Gasteiger partial charge on any atom is -0.357 e. The van der Waals surface area contributed by atoms with Crippen molar-refractivity contribution in [3.05, 3.63) is 30.1 Å². The van der Waals surface area contributed by atoms with Crippen LogP contribution in [0.15, 0.2) is 29.4 Å². The second-order valence-electron chi connectivity index (χ2n) is 6.07. The minimum absolute atomic E-state index is 0.201. The third-order valence-corrected chi connectivity index (χ3v) is 4.16. The third-order valence-electron chi connectivity index (χ3n) is 4.16. The van der Waals surface area contributed by atoms with Crippen LogP contribution < -0.4 is 16.0 Å².